The fraction of sp³-hybridized carbons (Fsp3) is 0.516. The van der Waals surface area contributed by atoms with Gasteiger partial charge in [-0.2, -0.15) is 0 Å². The number of carbonyl (C=O) groups is 2. The van der Waals surface area contributed by atoms with Gasteiger partial charge in [0.25, 0.3) is 8.32 Å². The predicted octanol–water partition coefficient (Wildman–Crippen LogP) is 14.3. The summed E-state index contributed by atoms with van der Waals surface area (Å²) in [5, 5.41) is 4.00. The first kappa shape index (κ1) is 66.2. The van der Waals surface area contributed by atoms with E-state index in [2.05, 4.69) is 228 Å². The molecule has 0 radical (unpaired) electrons. The second kappa shape index (κ2) is 28.4. The smallest absolute Gasteiger partial charge is 0.333 e. The molecule has 0 N–H and O–H groups in total. The fourth-order valence-electron chi connectivity index (χ4n) is 12.1. The number of hydrogen-bond acceptors (Lipinski definition) is 8. The molecular formula is C62H100O8Si7. The van der Waals surface area contributed by atoms with Crippen LogP contribution in [-0.4, -0.2) is 93.6 Å². The van der Waals surface area contributed by atoms with Crippen LogP contribution in [0.2, 0.25) is 102 Å². The summed E-state index contributed by atoms with van der Waals surface area (Å²) in [7, 11) is -17.9. The van der Waals surface area contributed by atoms with Gasteiger partial charge >= 0.3 is 11.9 Å². The van der Waals surface area contributed by atoms with Gasteiger partial charge in [-0.1, -0.05) is 180 Å². The zero-order chi connectivity index (χ0) is 57.4. The van der Waals surface area contributed by atoms with E-state index in [1.54, 1.807) is 13.8 Å². The average Bonchev–Trinajstić information content (AvgIpc) is 3.40. The molecule has 0 saturated carbocycles. The van der Waals surface area contributed by atoms with E-state index < -0.39 is 68.4 Å². The lowest BCUT2D eigenvalue weighted by molar-refractivity contribution is -0.139. The van der Waals surface area contributed by atoms with Crippen molar-refractivity contribution >= 4 is 90.7 Å². The van der Waals surface area contributed by atoms with Crippen LogP contribution in [0.1, 0.15) is 80.1 Å². The molecule has 4 aromatic carbocycles. The Labute approximate surface area is 475 Å². The Morgan fingerprint density at radius 3 is 1.09 bits per heavy atom. The minimum atomic E-state index is -3.55. The van der Waals surface area contributed by atoms with E-state index in [-0.39, 0.29) is 11.9 Å². The van der Waals surface area contributed by atoms with Gasteiger partial charge in [-0.15, -0.1) is 0 Å². The van der Waals surface area contributed by atoms with Crippen LogP contribution in [0, 0.1) is 0 Å². The molecule has 424 valence electrons. The molecule has 0 aliphatic rings. The van der Waals surface area contributed by atoms with Crippen LogP contribution in [0.5, 0.6) is 0 Å². The number of benzene rings is 4. The number of ether oxygens (including phenoxy) is 2. The molecule has 2 atom stereocenters. The van der Waals surface area contributed by atoms with E-state index in [1.165, 1.54) is 20.7 Å². The Kier molecular flexibility index (Phi) is 24.4. The lowest BCUT2D eigenvalue weighted by Gasteiger charge is -2.58. The Morgan fingerprint density at radius 1 is 0.416 bits per heavy atom. The molecule has 0 aliphatic heterocycles. The summed E-state index contributed by atoms with van der Waals surface area (Å²) < 4.78 is 43.3. The molecular weight excluding hydrogens is 1070 g/mol. The highest BCUT2D eigenvalue weighted by molar-refractivity contribution is 7.02. The van der Waals surface area contributed by atoms with Gasteiger partial charge < -0.3 is 26.6 Å². The van der Waals surface area contributed by atoms with Crippen LogP contribution in [0.15, 0.2) is 146 Å². The highest BCUT2D eigenvalue weighted by Gasteiger charge is 2.65. The van der Waals surface area contributed by atoms with Crippen LogP contribution in [0.3, 0.4) is 0 Å². The van der Waals surface area contributed by atoms with Crippen LogP contribution in [0.25, 0.3) is 0 Å². The molecule has 2 unspecified atom stereocenters. The molecule has 77 heavy (non-hydrogen) atoms. The van der Waals surface area contributed by atoms with E-state index in [1.807, 2.05) is 0 Å². The minimum absolute atomic E-state index is 0.328. The van der Waals surface area contributed by atoms with E-state index in [4.69, 9.17) is 26.6 Å². The molecule has 0 amide bonds. The molecule has 0 aliphatic carbocycles. The number of carbonyl (C=O) groups excluding carboxylic acids is 2. The van der Waals surface area contributed by atoms with Crippen LogP contribution < -0.4 is 20.7 Å². The van der Waals surface area contributed by atoms with Crippen molar-refractivity contribution in [3.63, 3.8) is 0 Å². The van der Waals surface area contributed by atoms with Crippen LogP contribution >= 0.6 is 0 Å². The lowest BCUT2D eigenvalue weighted by Crippen LogP contribution is -2.82. The molecule has 0 fully saturated rings. The van der Waals surface area contributed by atoms with Crippen molar-refractivity contribution in [2.45, 2.75) is 192 Å². The summed E-state index contributed by atoms with van der Waals surface area (Å²) >= 11 is 0. The molecule has 8 nitrogen and oxygen atoms in total. The maximum absolute atomic E-state index is 12.2. The van der Waals surface area contributed by atoms with E-state index in [0.29, 0.717) is 24.4 Å². The Balaban J connectivity index is 1.91. The van der Waals surface area contributed by atoms with Gasteiger partial charge in [0.15, 0.2) is 33.3 Å². The topological polar surface area (TPSA) is 89.5 Å². The maximum atomic E-state index is 12.2. The molecule has 4 aromatic rings. The summed E-state index contributed by atoms with van der Waals surface area (Å²) in [6, 6.07) is 50.8. The Morgan fingerprint density at radius 2 is 0.740 bits per heavy atom. The molecule has 0 saturated heterocycles. The van der Waals surface area contributed by atoms with Gasteiger partial charge in [-0.3, -0.25) is 0 Å². The summed E-state index contributed by atoms with van der Waals surface area (Å²) in [5.74, 6) is -0.659. The maximum Gasteiger partial charge on any atom is 0.333 e. The Bertz CT molecular complexity index is 2440. The SMILES string of the molecule is C=C(C)C(=O)OCCC[Si](C)(C)O[Si](C)(C)CC[Si](C)(OC(CC)(CC)[Si](OC(CC)(CC)[Si](C)(CC[Si](C)(C)O[Si](C)(C)CCCOC(=O)C(=C)C)c1ccccc1)(c1ccccc1)c1ccccc1)c1ccccc1. The van der Waals surface area contributed by atoms with Crippen molar-refractivity contribution < 1.29 is 36.1 Å². The van der Waals surface area contributed by atoms with Gasteiger partial charge in [0.1, 0.15) is 8.07 Å². The van der Waals surface area contributed by atoms with Gasteiger partial charge in [-0.25, -0.2) is 9.59 Å². The molecule has 4 rings (SSSR count). The zero-order valence-corrected chi connectivity index (χ0v) is 57.6. The molecule has 0 aromatic heterocycles. The lowest BCUT2D eigenvalue weighted by atomic mass is 10.2. The van der Waals surface area contributed by atoms with Crippen molar-refractivity contribution in [2.75, 3.05) is 13.2 Å². The third kappa shape index (κ3) is 17.3. The predicted molar refractivity (Wildman–Crippen MR) is 344 cm³/mol. The Hall–Kier alpha value is -3.34. The molecule has 0 spiro atoms. The van der Waals surface area contributed by atoms with Crippen LogP contribution in [-0.2, 0) is 36.1 Å². The normalized spacial score (nSPS) is 14.5. The zero-order valence-electron chi connectivity index (χ0n) is 50.6. The van der Waals surface area contributed by atoms with Crippen molar-refractivity contribution in [1.82, 2.24) is 0 Å². The minimum Gasteiger partial charge on any atom is -0.462 e. The highest BCUT2D eigenvalue weighted by Crippen LogP contribution is 2.46. The van der Waals surface area contributed by atoms with Crippen molar-refractivity contribution in [2.24, 2.45) is 0 Å². The van der Waals surface area contributed by atoms with Gasteiger partial charge in [-0.05, 0) is 157 Å². The molecule has 15 heteroatoms. The fourth-order valence-corrected chi connectivity index (χ4v) is 50.3. The summed E-state index contributed by atoms with van der Waals surface area (Å²) in [6.45, 7) is 45.1. The molecule has 0 heterocycles. The van der Waals surface area contributed by atoms with Crippen molar-refractivity contribution in [1.29, 1.82) is 0 Å². The second-order valence-electron chi connectivity index (χ2n) is 24.6. The van der Waals surface area contributed by atoms with E-state index in [0.717, 1.165) is 74.8 Å². The average molecular weight is 1170 g/mol. The van der Waals surface area contributed by atoms with Crippen molar-refractivity contribution in [3.05, 3.63) is 146 Å². The third-order valence-electron chi connectivity index (χ3n) is 16.4. The van der Waals surface area contributed by atoms with Crippen LogP contribution in [0.4, 0.5) is 0 Å². The number of hydrogen-bond donors (Lipinski definition) is 0. The first-order valence-electron chi connectivity index (χ1n) is 28.7. The largest absolute Gasteiger partial charge is 0.462 e. The monoisotopic (exact) mass is 1170 g/mol. The van der Waals surface area contributed by atoms with Gasteiger partial charge in [0, 0.05) is 11.1 Å². The van der Waals surface area contributed by atoms with Gasteiger partial charge in [0.2, 0.25) is 8.32 Å². The van der Waals surface area contributed by atoms with E-state index >= 15 is 0 Å². The summed E-state index contributed by atoms with van der Waals surface area (Å²) in [6.07, 6.45) is 4.81. The molecule has 0 bridgehead atoms. The standard InChI is InChI=1S/C62H100O8Si7/c1-19-61(20-2,75(17,55-37-27-23-28-38-55)51-49-73(13,14)69-71(9,10)47-35-45-65-59(63)53(5)6)68-77(57-41-31-25-32-42-57,58-43-33-26-34-44-58)62(21-3,22-4)67-76(18,56-39-29-24-30-40-56)52-50-74(15,16)70-72(11,12)48-36-46-66-60(64)54(7)8/h23-34,37-44H,5,7,19-22,35-36,45-52H2,1-4,6,8-18H3. The number of rotatable bonds is 34. The quantitative estimate of drug-likeness (QED) is 0.0198. The first-order chi connectivity index (χ1) is 36.1. The highest BCUT2D eigenvalue weighted by atomic mass is 28.4. The third-order valence-corrected chi connectivity index (χ3v) is 47.0. The van der Waals surface area contributed by atoms with E-state index in [9.17, 15) is 9.59 Å². The number of esters is 2. The second-order valence-corrected chi connectivity index (χ2v) is 54.3. The van der Waals surface area contributed by atoms with Crippen molar-refractivity contribution in [3.8, 4) is 0 Å². The first-order valence-corrected chi connectivity index (χ1v) is 48.4. The summed E-state index contributed by atoms with van der Waals surface area (Å²) in [4.78, 5) is 24.3. The van der Waals surface area contributed by atoms with Gasteiger partial charge in [0.05, 0.1) is 23.7 Å². The summed E-state index contributed by atoms with van der Waals surface area (Å²) in [5.41, 5.74) is 0.855.